The summed E-state index contributed by atoms with van der Waals surface area (Å²) >= 11 is 0. The Kier molecular flexibility index (Phi) is 6.97. The summed E-state index contributed by atoms with van der Waals surface area (Å²) in [5.74, 6) is 0.154. The van der Waals surface area contributed by atoms with Gasteiger partial charge in [-0.15, -0.1) is 0 Å². The van der Waals surface area contributed by atoms with Crippen LogP contribution in [0.25, 0.3) is 0 Å². The number of hydrogen-bond donors (Lipinski definition) is 0. The van der Waals surface area contributed by atoms with Gasteiger partial charge < -0.3 is 9.47 Å². The van der Waals surface area contributed by atoms with E-state index in [1.165, 1.54) is 12.1 Å². The van der Waals surface area contributed by atoms with Gasteiger partial charge in [-0.05, 0) is 62.2 Å². The molecule has 0 spiro atoms. The van der Waals surface area contributed by atoms with Crippen LogP contribution in [0.5, 0.6) is 11.5 Å². The molecular formula is C24H25NO5S. The molecule has 0 aromatic heterocycles. The Balaban J connectivity index is 1.99. The van der Waals surface area contributed by atoms with E-state index in [0.717, 1.165) is 9.87 Å². The third kappa shape index (κ3) is 4.88. The summed E-state index contributed by atoms with van der Waals surface area (Å²) in [6.07, 6.45) is 0. The number of carbonyl (C=O) groups is 1. The SMILES string of the molecule is CCOc1ccccc1OCC(=O)N(c1cccc(C)c1C)S(=O)(=O)c1ccccc1. The molecule has 0 saturated carbocycles. The number of rotatable bonds is 8. The molecule has 0 aliphatic carbocycles. The van der Waals surface area contributed by atoms with E-state index in [4.69, 9.17) is 9.47 Å². The molecule has 0 radical (unpaired) electrons. The van der Waals surface area contributed by atoms with Gasteiger partial charge in [0.2, 0.25) is 0 Å². The molecule has 0 aliphatic rings. The zero-order valence-electron chi connectivity index (χ0n) is 17.7. The van der Waals surface area contributed by atoms with E-state index in [1.54, 1.807) is 61.5 Å². The molecule has 31 heavy (non-hydrogen) atoms. The van der Waals surface area contributed by atoms with Crippen LogP contribution in [0.15, 0.2) is 77.7 Å². The maximum absolute atomic E-state index is 13.4. The van der Waals surface area contributed by atoms with Crippen LogP contribution in [-0.4, -0.2) is 27.5 Å². The zero-order chi connectivity index (χ0) is 22.4. The number of ether oxygens (including phenoxy) is 2. The first-order valence-corrected chi connectivity index (χ1v) is 11.3. The molecule has 3 aromatic rings. The third-order valence-corrected chi connectivity index (χ3v) is 6.55. The van der Waals surface area contributed by atoms with E-state index in [1.807, 2.05) is 19.9 Å². The number of carbonyl (C=O) groups excluding carboxylic acids is 1. The van der Waals surface area contributed by atoms with Crippen LogP contribution in [-0.2, 0) is 14.8 Å². The second-order valence-electron chi connectivity index (χ2n) is 6.86. The summed E-state index contributed by atoms with van der Waals surface area (Å²) in [5, 5.41) is 0. The molecule has 3 aromatic carbocycles. The van der Waals surface area contributed by atoms with E-state index in [9.17, 15) is 13.2 Å². The Labute approximate surface area is 183 Å². The van der Waals surface area contributed by atoms with Crippen molar-refractivity contribution in [2.75, 3.05) is 17.5 Å². The molecule has 162 valence electrons. The molecule has 0 N–H and O–H groups in total. The van der Waals surface area contributed by atoms with Gasteiger partial charge in [0, 0.05) is 0 Å². The lowest BCUT2D eigenvalue weighted by Gasteiger charge is -2.25. The molecule has 0 bridgehead atoms. The zero-order valence-corrected chi connectivity index (χ0v) is 18.6. The molecule has 0 heterocycles. The fourth-order valence-electron chi connectivity index (χ4n) is 3.09. The topological polar surface area (TPSA) is 72.9 Å². The first kappa shape index (κ1) is 22.4. The van der Waals surface area contributed by atoms with Crippen molar-refractivity contribution in [2.45, 2.75) is 25.7 Å². The van der Waals surface area contributed by atoms with Crippen LogP contribution < -0.4 is 13.8 Å². The average molecular weight is 440 g/mol. The van der Waals surface area contributed by atoms with E-state index >= 15 is 0 Å². The molecule has 7 heteroatoms. The highest BCUT2D eigenvalue weighted by Gasteiger charge is 2.32. The smallest absolute Gasteiger partial charge is 0.278 e. The standard InChI is InChI=1S/C24H25NO5S/c1-4-29-22-15-8-9-16-23(22)30-17-24(26)25(21-14-10-11-18(2)19(21)3)31(27,28)20-12-6-5-7-13-20/h5-16H,4,17H2,1-3H3. The number of sulfonamides is 1. The van der Waals surface area contributed by atoms with Gasteiger partial charge in [-0.3, -0.25) is 4.79 Å². The summed E-state index contributed by atoms with van der Waals surface area (Å²) in [4.78, 5) is 13.3. The molecular weight excluding hydrogens is 414 g/mol. The number of amides is 1. The maximum Gasteiger partial charge on any atom is 0.278 e. The molecule has 0 unspecified atom stereocenters. The molecule has 6 nitrogen and oxygen atoms in total. The minimum Gasteiger partial charge on any atom is -0.490 e. The van der Waals surface area contributed by atoms with Gasteiger partial charge in [0.15, 0.2) is 18.1 Å². The van der Waals surface area contributed by atoms with Crippen molar-refractivity contribution in [1.29, 1.82) is 0 Å². The quantitative estimate of drug-likeness (QED) is 0.517. The summed E-state index contributed by atoms with van der Waals surface area (Å²) in [6, 6.07) is 20.0. The Morgan fingerprint density at radius 1 is 0.839 bits per heavy atom. The highest BCUT2D eigenvalue weighted by atomic mass is 32.2. The van der Waals surface area contributed by atoms with Gasteiger partial charge in [-0.2, -0.15) is 4.31 Å². The van der Waals surface area contributed by atoms with Gasteiger partial charge in [0.05, 0.1) is 17.2 Å². The van der Waals surface area contributed by atoms with Crippen molar-refractivity contribution in [2.24, 2.45) is 0 Å². The van der Waals surface area contributed by atoms with Crippen molar-refractivity contribution in [3.63, 3.8) is 0 Å². The van der Waals surface area contributed by atoms with Gasteiger partial charge in [-0.1, -0.05) is 42.5 Å². The van der Waals surface area contributed by atoms with E-state index < -0.39 is 22.5 Å². The van der Waals surface area contributed by atoms with Crippen molar-refractivity contribution >= 4 is 21.6 Å². The van der Waals surface area contributed by atoms with Gasteiger partial charge in [-0.25, -0.2) is 8.42 Å². The highest BCUT2D eigenvalue weighted by molar-refractivity contribution is 7.93. The minimum absolute atomic E-state index is 0.0268. The lowest BCUT2D eigenvalue weighted by atomic mass is 10.1. The number of para-hydroxylation sites is 2. The lowest BCUT2D eigenvalue weighted by Crippen LogP contribution is -2.40. The number of anilines is 1. The Bertz CT molecular complexity index is 1160. The van der Waals surface area contributed by atoms with Gasteiger partial charge >= 0.3 is 0 Å². The Morgan fingerprint density at radius 2 is 1.45 bits per heavy atom. The normalized spacial score (nSPS) is 11.1. The Morgan fingerprint density at radius 3 is 2.10 bits per heavy atom. The monoisotopic (exact) mass is 439 g/mol. The fraction of sp³-hybridized carbons (Fsp3) is 0.208. The third-order valence-electron chi connectivity index (χ3n) is 4.80. The maximum atomic E-state index is 13.4. The van der Waals surface area contributed by atoms with Crippen LogP contribution >= 0.6 is 0 Å². The number of nitrogens with zero attached hydrogens (tertiary/aromatic N) is 1. The van der Waals surface area contributed by atoms with E-state index in [2.05, 4.69) is 0 Å². The van der Waals surface area contributed by atoms with Crippen LogP contribution in [0.3, 0.4) is 0 Å². The van der Waals surface area contributed by atoms with Crippen molar-refractivity contribution in [3.8, 4) is 11.5 Å². The second kappa shape index (κ2) is 9.66. The summed E-state index contributed by atoms with van der Waals surface area (Å²) in [7, 11) is -4.14. The number of hydrogen-bond acceptors (Lipinski definition) is 5. The van der Waals surface area contributed by atoms with Gasteiger partial charge in [0.1, 0.15) is 0 Å². The Hall–Kier alpha value is -3.32. The van der Waals surface area contributed by atoms with E-state index in [0.29, 0.717) is 29.4 Å². The molecule has 0 fully saturated rings. The van der Waals surface area contributed by atoms with Crippen LogP contribution in [0, 0.1) is 13.8 Å². The lowest BCUT2D eigenvalue weighted by molar-refractivity contribution is -0.119. The molecule has 1 amide bonds. The first-order valence-electron chi connectivity index (χ1n) is 9.90. The molecule has 0 aliphatic heterocycles. The molecule has 0 atom stereocenters. The molecule has 0 saturated heterocycles. The van der Waals surface area contributed by atoms with Crippen LogP contribution in [0.4, 0.5) is 5.69 Å². The van der Waals surface area contributed by atoms with Crippen LogP contribution in [0.1, 0.15) is 18.1 Å². The largest absolute Gasteiger partial charge is 0.490 e. The second-order valence-corrected chi connectivity index (χ2v) is 8.65. The minimum atomic E-state index is -4.14. The fourth-order valence-corrected chi connectivity index (χ4v) is 4.58. The molecule has 3 rings (SSSR count). The first-order chi connectivity index (χ1) is 14.9. The van der Waals surface area contributed by atoms with Crippen molar-refractivity contribution < 1.29 is 22.7 Å². The average Bonchev–Trinajstić information content (AvgIpc) is 2.77. The van der Waals surface area contributed by atoms with Crippen molar-refractivity contribution in [1.82, 2.24) is 0 Å². The van der Waals surface area contributed by atoms with Crippen molar-refractivity contribution in [3.05, 3.63) is 83.9 Å². The summed E-state index contributed by atoms with van der Waals surface area (Å²) < 4.78 is 38.9. The predicted molar refractivity (Wildman–Crippen MR) is 120 cm³/mol. The summed E-state index contributed by atoms with van der Waals surface area (Å²) in [6.45, 7) is 5.47. The van der Waals surface area contributed by atoms with E-state index in [-0.39, 0.29) is 4.90 Å². The van der Waals surface area contributed by atoms with Gasteiger partial charge in [0.25, 0.3) is 15.9 Å². The highest BCUT2D eigenvalue weighted by Crippen LogP contribution is 2.30. The van der Waals surface area contributed by atoms with Crippen LogP contribution in [0.2, 0.25) is 0 Å². The number of aryl methyl sites for hydroxylation is 1. The number of benzene rings is 3. The predicted octanol–water partition coefficient (Wildman–Crippen LogP) is 4.50. The summed E-state index contributed by atoms with van der Waals surface area (Å²) in [5.41, 5.74) is 1.88.